The Bertz CT molecular complexity index is 1100. The van der Waals surface area contributed by atoms with Crippen molar-refractivity contribution in [1.82, 2.24) is 15.5 Å². The quantitative estimate of drug-likeness (QED) is 0.651. The number of carbonyl (C=O) groups excluding carboxylic acids is 2. The summed E-state index contributed by atoms with van der Waals surface area (Å²) in [5, 5.41) is 14.4. The van der Waals surface area contributed by atoms with Crippen molar-refractivity contribution in [2.45, 2.75) is 19.9 Å². The van der Waals surface area contributed by atoms with E-state index in [4.69, 9.17) is 9.47 Å². The first-order chi connectivity index (χ1) is 14.5. The normalized spacial score (nSPS) is 13.4. The first kappa shape index (κ1) is 19.8. The molecule has 1 atom stereocenters. The number of amides is 2. The second-order valence-corrected chi connectivity index (χ2v) is 7.94. The van der Waals surface area contributed by atoms with Crippen molar-refractivity contribution < 1.29 is 19.1 Å². The van der Waals surface area contributed by atoms with Gasteiger partial charge in [0.05, 0.1) is 6.04 Å². The fraction of sp³-hybridized carbons (Fsp3) is 0.238. The van der Waals surface area contributed by atoms with Crippen LogP contribution in [0, 0.1) is 6.92 Å². The minimum Gasteiger partial charge on any atom is -0.486 e. The Labute approximate surface area is 177 Å². The number of nitrogens with one attached hydrogen (secondary N) is 2. The van der Waals surface area contributed by atoms with E-state index in [-0.39, 0.29) is 22.9 Å². The summed E-state index contributed by atoms with van der Waals surface area (Å²) in [6.07, 6.45) is 0. The van der Waals surface area contributed by atoms with Gasteiger partial charge < -0.3 is 20.1 Å². The average Bonchev–Trinajstić information content (AvgIpc) is 3.20. The van der Waals surface area contributed by atoms with E-state index >= 15 is 0 Å². The molecule has 0 radical (unpaired) electrons. The first-order valence-corrected chi connectivity index (χ1v) is 10.2. The Hall–Kier alpha value is -3.46. The van der Waals surface area contributed by atoms with Crippen LogP contribution in [0.25, 0.3) is 0 Å². The molecule has 2 amide bonds. The van der Waals surface area contributed by atoms with Crippen LogP contribution in [0.3, 0.4) is 0 Å². The number of rotatable bonds is 5. The summed E-state index contributed by atoms with van der Waals surface area (Å²) in [6, 6.07) is 12.1. The van der Waals surface area contributed by atoms with E-state index in [0.717, 1.165) is 5.56 Å². The van der Waals surface area contributed by atoms with Crippen LogP contribution in [0.5, 0.6) is 11.5 Å². The molecule has 154 valence electrons. The number of fused-ring (bicyclic) bond motifs is 1. The zero-order valence-corrected chi connectivity index (χ0v) is 17.3. The molecule has 0 unspecified atom stereocenters. The zero-order valence-electron chi connectivity index (χ0n) is 16.5. The maximum absolute atomic E-state index is 12.7. The third-order valence-corrected chi connectivity index (χ3v) is 5.35. The Morgan fingerprint density at radius 1 is 1.03 bits per heavy atom. The lowest BCUT2D eigenvalue weighted by Crippen LogP contribution is -2.27. The number of anilines is 1. The van der Waals surface area contributed by atoms with E-state index < -0.39 is 0 Å². The summed E-state index contributed by atoms with van der Waals surface area (Å²) in [6.45, 7) is 4.71. The van der Waals surface area contributed by atoms with Crippen LogP contribution in [0.15, 0.2) is 42.5 Å². The van der Waals surface area contributed by atoms with Gasteiger partial charge in [0.15, 0.2) is 11.5 Å². The molecule has 1 aromatic heterocycles. The van der Waals surface area contributed by atoms with Gasteiger partial charge in [-0.15, -0.1) is 10.2 Å². The highest BCUT2D eigenvalue weighted by atomic mass is 32.1. The lowest BCUT2D eigenvalue weighted by molar-refractivity contribution is 0.0938. The summed E-state index contributed by atoms with van der Waals surface area (Å²) in [5.74, 6) is 0.775. The fourth-order valence-electron chi connectivity index (χ4n) is 3.00. The van der Waals surface area contributed by atoms with E-state index in [9.17, 15) is 9.59 Å². The number of nitrogens with zero attached hydrogens (tertiary/aromatic N) is 2. The van der Waals surface area contributed by atoms with Crippen LogP contribution < -0.4 is 20.1 Å². The van der Waals surface area contributed by atoms with Crippen molar-refractivity contribution >= 4 is 28.8 Å². The number of carbonyl (C=O) groups is 2. The number of ether oxygens (including phenoxy) is 2. The summed E-state index contributed by atoms with van der Waals surface area (Å²) in [5.41, 5.74) is 1.85. The predicted molar refractivity (Wildman–Crippen MR) is 112 cm³/mol. The summed E-state index contributed by atoms with van der Waals surface area (Å²) in [7, 11) is 0. The molecule has 9 heteroatoms. The van der Waals surface area contributed by atoms with E-state index in [0.29, 0.717) is 41.0 Å². The average molecular weight is 424 g/mol. The van der Waals surface area contributed by atoms with E-state index in [2.05, 4.69) is 20.8 Å². The third kappa shape index (κ3) is 4.41. The van der Waals surface area contributed by atoms with Crippen LogP contribution in [-0.4, -0.2) is 35.2 Å². The number of benzene rings is 2. The summed E-state index contributed by atoms with van der Waals surface area (Å²) in [4.78, 5) is 25.0. The zero-order chi connectivity index (χ0) is 21.1. The second-order valence-electron chi connectivity index (χ2n) is 6.76. The van der Waals surface area contributed by atoms with Crippen molar-refractivity contribution in [3.05, 3.63) is 63.6 Å². The van der Waals surface area contributed by atoms with Crippen LogP contribution >= 0.6 is 11.3 Å². The Balaban J connectivity index is 1.43. The van der Waals surface area contributed by atoms with Crippen LogP contribution in [-0.2, 0) is 0 Å². The molecule has 0 saturated carbocycles. The van der Waals surface area contributed by atoms with Gasteiger partial charge in [-0.2, -0.15) is 0 Å². The number of aromatic nitrogens is 2. The molecule has 1 aliphatic heterocycles. The molecule has 2 N–H and O–H groups in total. The highest BCUT2D eigenvalue weighted by molar-refractivity contribution is 7.13. The van der Waals surface area contributed by atoms with Crippen LogP contribution in [0.1, 0.15) is 43.7 Å². The van der Waals surface area contributed by atoms with Gasteiger partial charge in [-0.25, -0.2) is 0 Å². The number of hydrogen-bond donors (Lipinski definition) is 2. The number of aryl methyl sites for hydroxylation is 1. The molecule has 0 fully saturated rings. The molecule has 0 bridgehead atoms. The van der Waals surface area contributed by atoms with Crippen molar-refractivity contribution in [2.24, 2.45) is 0 Å². The standard InChI is InChI=1S/C21H20N4O4S/c1-12(14-6-7-17-18(11-14)29-9-8-28-17)22-19(26)15-4-3-5-16(10-15)23-20(27)21-25-24-13(2)30-21/h3-7,10-12H,8-9H2,1-2H3,(H,22,26)(H,23,27)/t12-/m0/s1. The maximum atomic E-state index is 12.7. The van der Waals surface area contributed by atoms with Gasteiger partial charge in [0, 0.05) is 11.3 Å². The maximum Gasteiger partial charge on any atom is 0.286 e. The van der Waals surface area contributed by atoms with Gasteiger partial charge in [-0.05, 0) is 49.7 Å². The molecule has 8 nitrogen and oxygen atoms in total. The van der Waals surface area contributed by atoms with E-state index in [1.807, 2.05) is 25.1 Å². The van der Waals surface area contributed by atoms with Gasteiger partial charge in [0.1, 0.15) is 18.2 Å². The van der Waals surface area contributed by atoms with Crippen molar-refractivity contribution in [2.75, 3.05) is 18.5 Å². The SMILES string of the molecule is Cc1nnc(C(=O)Nc2cccc(C(=O)N[C@@H](C)c3ccc4c(c3)OCCO4)c2)s1. The Morgan fingerprint density at radius 3 is 2.60 bits per heavy atom. The molecule has 0 spiro atoms. The van der Waals surface area contributed by atoms with Gasteiger partial charge in [0.2, 0.25) is 5.01 Å². The van der Waals surface area contributed by atoms with Crippen LogP contribution in [0.4, 0.5) is 5.69 Å². The van der Waals surface area contributed by atoms with E-state index in [1.54, 1.807) is 31.2 Å². The van der Waals surface area contributed by atoms with Gasteiger partial charge in [-0.1, -0.05) is 23.5 Å². The molecule has 4 rings (SSSR count). The molecular formula is C21H20N4O4S. The van der Waals surface area contributed by atoms with Crippen LogP contribution in [0.2, 0.25) is 0 Å². The monoisotopic (exact) mass is 424 g/mol. The summed E-state index contributed by atoms with van der Waals surface area (Å²) >= 11 is 1.21. The molecule has 2 aromatic carbocycles. The fourth-order valence-corrected chi connectivity index (χ4v) is 3.59. The summed E-state index contributed by atoms with van der Waals surface area (Å²) < 4.78 is 11.1. The van der Waals surface area contributed by atoms with E-state index in [1.165, 1.54) is 11.3 Å². The molecule has 1 aliphatic rings. The molecular weight excluding hydrogens is 404 g/mol. The number of hydrogen-bond acceptors (Lipinski definition) is 7. The Kier molecular flexibility index (Phi) is 5.62. The largest absolute Gasteiger partial charge is 0.486 e. The lowest BCUT2D eigenvalue weighted by Gasteiger charge is -2.21. The second kappa shape index (κ2) is 8.50. The van der Waals surface area contributed by atoms with Crippen molar-refractivity contribution in [3.8, 4) is 11.5 Å². The molecule has 3 aromatic rings. The minimum absolute atomic E-state index is 0.240. The Morgan fingerprint density at radius 2 is 1.83 bits per heavy atom. The van der Waals surface area contributed by atoms with Gasteiger partial charge >= 0.3 is 0 Å². The van der Waals surface area contributed by atoms with Gasteiger partial charge in [0.25, 0.3) is 11.8 Å². The van der Waals surface area contributed by atoms with Gasteiger partial charge in [-0.3, -0.25) is 9.59 Å². The molecule has 30 heavy (non-hydrogen) atoms. The highest BCUT2D eigenvalue weighted by Gasteiger charge is 2.17. The topological polar surface area (TPSA) is 102 Å². The predicted octanol–water partition coefficient (Wildman–Crippen LogP) is 3.36. The first-order valence-electron chi connectivity index (χ1n) is 9.41. The molecule has 2 heterocycles. The molecule has 0 saturated heterocycles. The molecule has 0 aliphatic carbocycles. The minimum atomic E-state index is -0.359. The smallest absolute Gasteiger partial charge is 0.286 e. The van der Waals surface area contributed by atoms with Crippen molar-refractivity contribution in [1.29, 1.82) is 0 Å². The third-order valence-electron chi connectivity index (χ3n) is 4.52. The lowest BCUT2D eigenvalue weighted by atomic mass is 10.1. The highest BCUT2D eigenvalue weighted by Crippen LogP contribution is 2.32. The van der Waals surface area contributed by atoms with Crippen molar-refractivity contribution in [3.63, 3.8) is 0 Å².